The highest BCUT2D eigenvalue weighted by atomic mass is 16.6. The van der Waals surface area contributed by atoms with E-state index < -0.39 is 4.92 Å². The van der Waals surface area contributed by atoms with Crippen LogP contribution in [0.25, 0.3) is 0 Å². The molecule has 0 aliphatic heterocycles. The lowest BCUT2D eigenvalue weighted by atomic mass is 10.3. The Labute approximate surface area is 115 Å². The number of non-ortho nitro benzene ring substituents is 1. The molecule has 1 aromatic heterocycles. The van der Waals surface area contributed by atoms with Crippen LogP contribution in [-0.4, -0.2) is 21.4 Å². The van der Waals surface area contributed by atoms with Crippen LogP contribution >= 0.6 is 0 Å². The maximum atomic E-state index is 10.7. The van der Waals surface area contributed by atoms with E-state index in [1.165, 1.54) is 18.5 Å². The summed E-state index contributed by atoms with van der Waals surface area (Å²) in [6.45, 7) is 0.354. The van der Waals surface area contributed by atoms with Gasteiger partial charge in [-0.1, -0.05) is 12.0 Å². The minimum atomic E-state index is -0.453. The molecular weight excluding hydrogens is 258 g/mol. The SMILES string of the molecule is C#CCNc1cc(Nc2cccc([N+](=O)[O-])c2)ncn1. The second kappa shape index (κ2) is 6.15. The summed E-state index contributed by atoms with van der Waals surface area (Å²) in [5.74, 6) is 3.53. The van der Waals surface area contributed by atoms with Crippen molar-refractivity contribution in [2.75, 3.05) is 17.2 Å². The fourth-order valence-corrected chi connectivity index (χ4v) is 1.51. The van der Waals surface area contributed by atoms with Crippen molar-refractivity contribution in [2.45, 2.75) is 0 Å². The van der Waals surface area contributed by atoms with Crippen LogP contribution in [0.4, 0.5) is 23.0 Å². The fraction of sp³-hybridized carbons (Fsp3) is 0.0769. The number of anilines is 3. The Hall–Kier alpha value is -3.14. The molecule has 1 aromatic carbocycles. The highest BCUT2D eigenvalue weighted by Crippen LogP contribution is 2.20. The van der Waals surface area contributed by atoms with E-state index in [-0.39, 0.29) is 5.69 Å². The van der Waals surface area contributed by atoms with Gasteiger partial charge in [-0.05, 0) is 6.07 Å². The summed E-state index contributed by atoms with van der Waals surface area (Å²) < 4.78 is 0. The number of nitro benzene ring substituents is 1. The Kier molecular flexibility index (Phi) is 4.09. The van der Waals surface area contributed by atoms with E-state index in [1.54, 1.807) is 18.2 Å². The number of nitro groups is 1. The second-order valence-corrected chi connectivity index (χ2v) is 3.78. The normalized spacial score (nSPS) is 9.55. The van der Waals surface area contributed by atoms with Gasteiger partial charge in [-0.2, -0.15) is 0 Å². The molecule has 0 bridgehead atoms. The molecule has 0 unspecified atom stereocenters. The first kappa shape index (κ1) is 13.3. The van der Waals surface area contributed by atoms with Gasteiger partial charge in [0.05, 0.1) is 11.5 Å². The average Bonchev–Trinajstić information content (AvgIpc) is 2.46. The summed E-state index contributed by atoms with van der Waals surface area (Å²) in [5, 5.41) is 16.6. The van der Waals surface area contributed by atoms with Gasteiger partial charge in [-0.3, -0.25) is 10.1 Å². The van der Waals surface area contributed by atoms with E-state index in [1.807, 2.05) is 0 Å². The van der Waals surface area contributed by atoms with Gasteiger partial charge in [-0.15, -0.1) is 6.42 Å². The molecule has 7 nitrogen and oxygen atoms in total. The summed E-state index contributed by atoms with van der Waals surface area (Å²) >= 11 is 0. The molecule has 0 amide bonds. The maximum absolute atomic E-state index is 10.7. The average molecular weight is 269 g/mol. The maximum Gasteiger partial charge on any atom is 0.271 e. The number of rotatable bonds is 5. The molecule has 20 heavy (non-hydrogen) atoms. The molecule has 0 spiro atoms. The fourth-order valence-electron chi connectivity index (χ4n) is 1.51. The van der Waals surface area contributed by atoms with Crippen LogP contribution in [0.3, 0.4) is 0 Å². The molecule has 1 heterocycles. The monoisotopic (exact) mass is 269 g/mol. The molecule has 0 radical (unpaired) electrons. The topological polar surface area (TPSA) is 93.0 Å². The lowest BCUT2D eigenvalue weighted by Crippen LogP contribution is -2.02. The third-order valence-electron chi connectivity index (χ3n) is 2.37. The van der Waals surface area contributed by atoms with Gasteiger partial charge in [0.1, 0.15) is 18.0 Å². The van der Waals surface area contributed by atoms with Crippen molar-refractivity contribution in [2.24, 2.45) is 0 Å². The zero-order chi connectivity index (χ0) is 14.4. The van der Waals surface area contributed by atoms with Crippen molar-refractivity contribution < 1.29 is 4.92 Å². The molecule has 7 heteroatoms. The smallest absolute Gasteiger partial charge is 0.271 e. The molecule has 2 aromatic rings. The zero-order valence-electron chi connectivity index (χ0n) is 10.4. The Bertz CT molecular complexity index is 666. The summed E-state index contributed by atoms with van der Waals surface area (Å²) in [6.07, 6.45) is 6.52. The largest absolute Gasteiger partial charge is 0.359 e. The Morgan fingerprint density at radius 2 is 2.10 bits per heavy atom. The van der Waals surface area contributed by atoms with Gasteiger partial charge < -0.3 is 10.6 Å². The number of benzene rings is 1. The molecule has 0 aliphatic rings. The highest BCUT2D eigenvalue weighted by Gasteiger charge is 2.06. The Morgan fingerprint density at radius 3 is 2.85 bits per heavy atom. The van der Waals surface area contributed by atoms with Gasteiger partial charge in [-0.25, -0.2) is 9.97 Å². The lowest BCUT2D eigenvalue weighted by Gasteiger charge is -2.07. The summed E-state index contributed by atoms with van der Waals surface area (Å²) in [7, 11) is 0. The van der Waals surface area contributed by atoms with Crippen LogP contribution in [0, 0.1) is 22.5 Å². The van der Waals surface area contributed by atoms with Crippen molar-refractivity contribution in [3.8, 4) is 12.3 Å². The van der Waals surface area contributed by atoms with Crippen molar-refractivity contribution in [3.63, 3.8) is 0 Å². The van der Waals surface area contributed by atoms with Crippen LogP contribution in [-0.2, 0) is 0 Å². The van der Waals surface area contributed by atoms with Crippen LogP contribution in [0.15, 0.2) is 36.7 Å². The number of terminal acetylenes is 1. The number of hydrogen-bond acceptors (Lipinski definition) is 6. The van der Waals surface area contributed by atoms with Crippen LogP contribution in [0.5, 0.6) is 0 Å². The first-order valence-corrected chi connectivity index (χ1v) is 5.70. The molecule has 0 saturated carbocycles. The number of nitrogens with one attached hydrogen (secondary N) is 2. The van der Waals surface area contributed by atoms with Gasteiger partial charge in [0.25, 0.3) is 5.69 Å². The van der Waals surface area contributed by atoms with E-state index in [9.17, 15) is 10.1 Å². The van der Waals surface area contributed by atoms with Crippen molar-refractivity contribution in [3.05, 3.63) is 46.8 Å². The summed E-state index contributed by atoms with van der Waals surface area (Å²) in [4.78, 5) is 18.3. The van der Waals surface area contributed by atoms with E-state index in [2.05, 4.69) is 26.5 Å². The van der Waals surface area contributed by atoms with Crippen molar-refractivity contribution in [1.29, 1.82) is 0 Å². The van der Waals surface area contributed by atoms with E-state index in [0.29, 0.717) is 23.9 Å². The molecule has 0 saturated heterocycles. The van der Waals surface area contributed by atoms with Crippen molar-refractivity contribution in [1.82, 2.24) is 9.97 Å². The van der Waals surface area contributed by atoms with Crippen LogP contribution in [0.2, 0.25) is 0 Å². The van der Waals surface area contributed by atoms with Crippen molar-refractivity contribution >= 4 is 23.0 Å². The Morgan fingerprint density at radius 1 is 1.30 bits per heavy atom. The molecular formula is C13H11N5O2. The summed E-state index contributed by atoms with van der Waals surface area (Å²) in [6, 6.07) is 7.82. The predicted octanol–water partition coefficient (Wildman–Crippen LogP) is 2.17. The first-order chi connectivity index (χ1) is 9.69. The third kappa shape index (κ3) is 3.43. The number of hydrogen-bond donors (Lipinski definition) is 2. The predicted molar refractivity (Wildman–Crippen MR) is 75.7 cm³/mol. The van der Waals surface area contributed by atoms with Gasteiger partial charge in [0.2, 0.25) is 0 Å². The van der Waals surface area contributed by atoms with Gasteiger partial charge in [0.15, 0.2) is 0 Å². The Balaban J connectivity index is 2.15. The quantitative estimate of drug-likeness (QED) is 0.491. The van der Waals surface area contributed by atoms with Crippen LogP contribution < -0.4 is 10.6 Å². The van der Waals surface area contributed by atoms with Crippen LogP contribution in [0.1, 0.15) is 0 Å². The lowest BCUT2D eigenvalue weighted by molar-refractivity contribution is -0.384. The highest BCUT2D eigenvalue weighted by molar-refractivity contribution is 5.61. The minimum absolute atomic E-state index is 0.00902. The molecule has 0 atom stereocenters. The van der Waals surface area contributed by atoms with E-state index in [4.69, 9.17) is 6.42 Å². The van der Waals surface area contributed by atoms with E-state index >= 15 is 0 Å². The number of nitrogens with zero attached hydrogens (tertiary/aromatic N) is 3. The van der Waals surface area contributed by atoms with E-state index in [0.717, 1.165) is 0 Å². The second-order valence-electron chi connectivity index (χ2n) is 3.78. The zero-order valence-corrected chi connectivity index (χ0v) is 10.4. The number of aromatic nitrogens is 2. The van der Waals surface area contributed by atoms with Gasteiger partial charge in [0, 0.05) is 23.9 Å². The molecule has 0 fully saturated rings. The molecule has 2 N–H and O–H groups in total. The summed E-state index contributed by atoms with van der Waals surface area (Å²) in [5.41, 5.74) is 0.579. The minimum Gasteiger partial charge on any atom is -0.359 e. The molecule has 0 aliphatic carbocycles. The van der Waals surface area contributed by atoms with Gasteiger partial charge >= 0.3 is 0 Å². The first-order valence-electron chi connectivity index (χ1n) is 5.70. The molecule has 100 valence electrons. The standard InChI is InChI=1S/C13H11N5O2/c1-2-6-14-12-8-13(16-9-15-12)17-10-4-3-5-11(7-10)18(19)20/h1,3-5,7-9H,6H2,(H2,14,15,16,17). The molecule has 2 rings (SSSR count). The third-order valence-corrected chi connectivity index (χ3v) is 2.37.